The molecule has 0 atom stereocenters. The van der Waals surface area contributed by atoms with Gasteiger partial charge in [-0.05, 0) is 44.0 Å². The molecule has 3 rings (SSSR count). The molecule has 24 heavy (non-hydrogen) atoms. The lowest BCUT2D eigenvalue weighted by Gasteiger charge is -2.22. The van der Waals surface area contributed by atoms with Crippen LogP contribution in [0.3, 0.4) is 0 Å². The number of nitrogens with one attached hydrogen (secondary N) is 1. The Morgan fingerprint density at radius 3 is 2.33 bits per heavy atom. The summed E-state index contributed by atoms with van der Waals surface area (Å²) >= 11 is 0. The van der Waals surface area contributed by atoms with Crippen molar-refractivity contribution in [3.05, 3.63) is 59.7 Å². The largest absolute Gasteiger partial charge is 0.349 e. The number of carbonyl (C=O) groups is 1. The van der Waals surface area contributed by atoms with E-state index < -0.39 is 10.0 Å². The molecular formula is C18H20N2O3S. The van der Waals surface area contributed by atoms with Crippen molar-refractivity contribution in [2.24, 2.45) is 0 Å². The first-order chi connectivity index (χ1) is 11.4. The zero-order chi connectivity index (χ0) is 17.3. The third kappa shape index (κ3) is 3.28. The summed E-state index contributed by atoms with van der Waals surface area (Å²) in [4.78, 5) is 12.6. The van der Waals surface area contributed by atoms with Crippen LogP contribution in [0.1, 0.15) is 28.8 Å². The summed E-state index contributed by atoms with van der Waals surface area (Å²) in [6, 6.07) is 13.6. The number of sulfonamides is 1. The Balaban J connectivity index is 1.95. The molecule has 1 aliphatic carbocycles. The summed E-state index contributed by atoms with van der Waals surface area (Å²) in [5.74, 6) is -0.237. The minimum Gasteiger partial charge on any atom is -0.349 e. The number of anilines is 1. The van der Waals surface area contributed by atoms with E-state index in [1.54, 1.807) is 48.5 Å². The normalized spacial score (nSPS) is 14.2. The van der Waals surface area contributed by atoms with E-state index in [-0.39, 0.29) is 16.8 Å². The summed E-state index contributed by atoms with van der Waals surface area (Å²) in [5, 5.41) is 2.90. The van der Waals surface area contributed by atoms with Crippen molar-refractivity contribution in [1.29, 1.82) is 0 Å². The number of nitrogens with zero attached hydrogens (tertiary/aromatic N) is 1. The number of hydrogen-bond acceptors (Lipinski definition) is 3. The fraction of sp³-hybridized carbons (Fsp3) is 0.278. The summed E-state index contributed by atoms with van der Waals surface area (Å²) in [6.07, 6.45) is 1.96. The van der Waals surface area contributed by atoms with Crippen LogP contribution in [0.15, 0.2) is 53.4 Å². The van der Waals surface area contributed by atoms with Gasteiger partial charge in [0.15, 0.2) is 0 Å². The monoisotopic (exact) mass is 344 g/mol. The Kier molecular flexibility index (Phi) is 4.32. The van der Waals surface area contributed by atoms with E-state index in [2.05, 4.69) is 5.32 Å². The zero-order valence-electron chi connectivity index (χ0n) is 13.7. The van der Waals surface area contributed by atoms with Gasteiger partial charge in [0.25, 0.3) is 15.9 Å². The summed E-state index contributed by atoms with van der Waals surface area (Å²) in [6.45, 7) is 1.90. The highest BCUT2D eigenvalue weighted by molar-refractivity contribution is 7.92. The molecule has 0 unspecified atom stereocenters. The van der Waals surface area contributed by atoms with Crippen LogP contribution in [0.25, 0.3) is 0 Å². The molecule has 2 aromatic rings. The van der Waals surface area contributed by atoms with Crippen LogP contribution in [-0.2, 0) is 10.0 Å². The van der Waals surface area contributed by atoms with Gasteiger partial charge in [0.2, 0.25) is 0 Å². The molecule has 1 amide bonds. The second-order valence-corrected chi connectivity index (χ2v) is 8.02. The van der Waals surface area contributed by atoms with Gasteiger partial charge < -0.3 is 5.32 Å². The van der Waals surface area contributed by atoms with Crippen molar-refractivity contribution in [2.45, 2.75) is 30.7 Å². The van der Waals surface area contributed by atoms with Crippen LogP contribution in [0.5, 0.6) is 0 Å². The molecule has 1 aliphatic rings. The highest BCUT2D eigenvalue weighted by Gasteiger charge is 2.28. The Bertz CT molecular complexity index is 856. The van der Waals surface area contributed by atoms with Gasteiger partial charge >= 0.3 is 0 Å². The Morgan fingerprint density at radius 1 is 1.08 bits per heavy atom. The van der Waals surface area contributed by atoms with Gasteiger partial charge in [-0.1, -0.05) is 29.8 Å². The Morgan fingerprint density at radius 2 is 1.71 bits per heavy atom. The number of amides is 1. The fourth-order valence-corrected chi connectivity index (χ4v) is 3.64. The predicted molar refractivity (Wildman–Crippen MR) is 93.7 cm³/mol. The molecule has 5 nitrogen and oxygen atoms in total. The molecule has 0 bridgehead atoms. The van der Waals surface area contributed by atoms with E-state index in [9.17, 15) is 13.2 Å². The van der Waals surface area contributed by atoms with Gasteiger partial charge in [-0.3, -0.25) is 9.10 Å². The first kappa shape index (κ1) is 16.5. The number of aryl methyl sites for hydroxylation is 1. The standard InChI is InChI=1S/C18H20N2O3S/c1-13-7-11-15(12-8-13)24(22,23)20(2)17-6-4-3-5-16(17)18(21)19-14-9-10-14/h3-8,11-12,14H,9-10H2,1-2H3,(H,19,21). The molecule has 0 aliphatic heterocycles. The molecule has 6 heteroatoms. The van der Waals surface area contributed by atoms with E-state index >= 15 is 0 Å². The highest BCUT2D eigenvalue weighted by atomic mass is 32.2. The van der Waals surface area contributed by atoms with Crippen LogP contribution in [0.2, 0.25) is 0 Å². The minimum atomic E-state index is -3.72. The number of para-hydroxylation sites is 1. The predicted octanol–water partition coefficient (Wildman–Crippen LogP) is 2.71. The van der Waals surface area contributed by atoms with Crippen LogP contribution in [-0.4, -0.2) is 27.4 Å². The molecule has 0 spiro atoms. The molecule has 1 N–H and O–H groups in total. The van der Waals surface area contributed by atoms with Crippen LogP contribution in [0.4, 0.5) is 5.69 Å². The summed E-state index contributed by atoms with van der Waals surface area (Å²) < 4.78 is 26.9. The first-order valence-electron chi connectivity index (χ1n) is 7.85. The number of rotatable bonds is 5. The third-order valence-electron chi connectivity index (χ3n) is 4.08. The molecule has 0 saturated heterocycles. The van der Waals surface area contributed by atoms with E-state index in [1.165, 1.54) is 11.4 Å². The lowest BCUT2D eigenvalue weighted by atomic mass is 10.1. The molecule has 0 radical (unpaired) electrons. The molecule has 0 heterocycles. The maximum Gasteiger partial charge on any atom is 0.264 e. The van der Waals surface area contributed by atoms with Crippen LogP contribution < -0.4 is 9.62 Å². The lowest BCUT2D eigenvalue weighted by Crippen LogP contribution is -2.31. The first-order valence-corrected chi connectivity index (χ1v) is 9.29. The number of benzene rings is 2. The van der Waals surface area contributed by atoms with Crippen molar-refractivity contribution in [3.8, 4) is 0 Å². The smallest absolute Gasteiger partial charge is 0.264 e. The van der Waals surface area contributed by atoms with Crippen molar-refractivity contribution >= 4 is 21.6 Å². The second kappa shape index (κ2) is 6.28. The fourth-order valence-electron chi connectivity index (χ4n) is 2.43. The molecule has 2 aromatic carbocycles. The van der Waals surface area contributed by atoms with Gasteiger partial charge in [-0.15, -0.1) is 0 Å². The maximum atomic E-state index is 12.8. The van der Waals surface area contributed by atoms with Crippen molar-refractivity contribution < 1.29 is 13.2 Å². The summed E-state index contributed by atoms with van der Waals surface area (Å²) in [7, 11) is -2.25. The number of carbonyl (C=O) groups excluding carboxylic acids is 1. The van der Waals surface area contributed by atoms with Crippen LogP contribution in [0, 0.1) is 6.92 Å². The van der Waals surface area contributed by atoms with Gasteiger partial charge in [-0.2, -0.15) is 0 Å². The highest BCUT2D eigenvalue weighted by Crippen LogP contribution is 2.27. The minimum absolute atomic E-state index is 0.202. The van der Waals surface area contributed by atoms with Gasteiger partial charge in [-0.25, -0.2) is 8.42 Å². The third-order valence-corrected chi connectivity index (χ3v) is 5.87. The molecule has 0 aromatic heterocycles. The van der Waals surface area contributed by atoms with Gasteiger partial charge in [0.1, 0.15) is 0 Å². The SMILES string of the molecule is Cc1ccc(S(=O)(=O)N(C)c2ccccc2C(=O)NC2CC2)cc1. The second-order valence-electron chi connectivity index (χ2n) is 6.05. The lowest BCUT2D eigenvalue weighted by molar-refractivity contribution is 0.0952. The van der Waals surface area contributed by atoms with Crippen molar-refractivity contribution in [1.82, 2.24) is 5.32 Å². The van der Waals surface area contributed by atoms with Gasteiger partial charge in [0.05, 0.1) is 16.1 Å². The van der Waals surface area contributed by atoms with Crippen molar-refractivity contribution in [2.75, 3.05) is 11.4 Å². The quantitative estimate of drug-likeness (QED) is 0.907. The maximum absolute atomic E-state index is 12.8. The topological polar surface area (TPSA) is 66.5 Å². The molecule has 126 valence electrons. The van der Waals surface area contributed by atoms with E-state index in [0.29, 0.717) is 11.3 Å². The zero-order valence-corrected chi connectivity index (χ0v) is 14.5. The average Bonchev–Trinajstić information content (AvgIpc) is 3.38. The van der Waals surface area contributed by atoms with Crippen LogP contribution >= 0.6 is 0 Å². The van der Waals surface area contributed by atoms with E-state index in [4.69, 9.17) is 0 Å². The average molecular weight is 344 g/mol. The van der Waals surface area contributed by atoms with E-state index in [1.807, 2.05) is 6.92 Å². The molecular weight excluding hydrogens is 324 g/mol. The van der Waals surface area contributed by atoms with Crippen molar-refractivity contribution in [3.63, 3.8) is 0 Å². The molecule has 1 fully saturated rings. The van der Waals surface area contributed by atoms with Gasteiger partial charge in [0, 0.05) is 13.1 Å². The Labute approximate surface area is 142 Å². The summed E-state index contributed by atoms with van der Waals surface area (Å²) in [5.41, 5.74) is 1.72. The molecule has 1 saturated carbocycles. The van der Waals surface area contributed by atoms with E-state index in [0.717, 1.165) is 18.4 Å². The Hall–Kier alpha value is -2.34. The number of hydrogen-bond donors (Lipinski definition) is 1.